The summed E-state index contributed by atoms with van der Waals surface area (Å²) in [6, 6.07) is 7.37. The fourth-order valence-corrected chi connectivity index (χ4v) is 3.95. The van der Waals surface area contributed by atoms with Gasteiger partial charge in [-0.3, -0.25) is 24.7 Å². The van der Waals surface area contributed by atoms with Crippen molar-refractivity contribution in [1.29, 1.82) is 0 Å². The van der Waals surface area contributed by atoms with E-state index in [1.165, 1.54) is 17.0 Å². The van der Waals surface area contributed by atoms with Crippen LogP contribution in [0.15, 0.2) is 34.7 Å². The van der Waals surface area contributed by atoms with Crippen molar-refractivity contribution >= 4 is 29.3 Å². The second-order valence-electron chi connectivity index (χ2n) is 7.95. The highest BCUT2D eigenvalue weighted by Crippen LogP contribution is 2.29. The van der Waals surface area contributed by atoms with Crippen molar-refractivity contribution in [2.45, 2.75) is 12.6 Å². The largest absolute Gasteiger partial charge is 0.442 e. The summed E-state index contributed by atoms with van der Waals surface area (Å²) in [5, 5.41) is 13.1. The zero-order chi connectivity index (χ0) is 24.2. The first-order valence-corrected chi connectivity index (χ1v) is 10.6. The van der Waals surface area contributed by atoms with E-state index in [4.69, 9.17) is 9.15 Å². The van der Waals surface area contributed by atoms with E-state index in [9.17, 15) is 28.5 Å². The first-order valence-electron chi connectivity index (χ1n) is 10.6. The molecular formula is C21H23F2N5O6. The lowest BCUT2D eigenvalue weighted by molar-refractivity contribution is -0.402. The summed E-state index contributed by atoms with van der Waals surface area (Å²) in [6.07, 6.45) is -1.33. The maximum absolute atomic E-state index is 14.9. The number of amides is 2. The van der Waals surface area contributed by atoms with Crippen LogP contribution in [0, 0.1) is 15.9 Å². The van der Waals surface area contributed by atoms with Crippen LogP contribution in [0.3, 0.4) is 0 Å². The number of hydrogen-bond donors (Lipinski definition) is 1. The minimum Gasteiger partial charge on any atom is -0.442 e. The van der Waals surface area contributed by atoms with Crippen molar-refractivity contribution < 1.29 is 32.4 Å². The summed E-state index contributed by atoms with van der Waals surface area (Å²) in [5.74, 6) is -1.09. The average molecular weight is 479 g/mol. The number of piperazine rings is 1. The molecule has 2 fully saturated rings. The van der Waals surface area contributed by atoms with Crippen LogP contribution in [0.1, 0.15) is 5.76 Å². The SMILES string of the molecule is O=C(CF)NC[C@H]1CN(c2ccc(N3CCN(Cc4ccc([N+](=O)[O-])o4)CC3)c(F)c2)C(=O)O1. The van der Waals surface area contributed by atoms with Crippen LogP contribution in [0.4, 0.5) is 30.8 Å². The molecule has 1 aromatic heterocycles. The van der Waals surface area contributed by atoms with Crippen LogP contribution in [0.25, 0.3) is 0 Å². The molecule has 0 bridgehead atoms. The molecule has 182 valence electrons. The molecule has 0 aliphatic carbocycles. The molecule has 1 aromatic carbocycles. The third kappa shape index (κ3) is 5.25. The molecule has 1 atom stereocenters. The molecule has 0 unspecified atom stereocenters. The van der Waals surface area contributed by atoms with Crippen molar-refractivity contribution in [2.75, 3.05) is 55.7 Å². The number of cyclic esters (lactones) is 1. The van der Waals surface area contributed by atoms with E-state index in [1.807, 2.05) is 4.90 Å². The van der Waals surface area contributed by atoms with Crippen LogP contribution in [-0.4, -0.2) is 73.9 Å². The van der Waals surface area contributed by atoms with Gasteiger partial charge < -0.3 is 19.4 Å². The Morgan fingerprint density at radius 3 is 2.62 bits per heavy atom. The minimum atomic E-state index is -1.16. The number of nitrogens with zero attached hydrogens (tertiary/aromatic N) is 4. The van der Waals surface area contributed by atoms with Gasteiger partial charge in [-0.15, -0.1) is 0 Å². The Morgan fingerprint density at radius 1 is 1.21 bits per heavy atom. The summed E-state index contributed by atoms with van der Waals surface area (Å²) in [6.45, 7) is 1.65. The molecule has 0 saturated carbocycles. The van der Waals surface area contributed by atoms with E-state index in [0.29, 0.717) is 49.9 Å². The predicted octanol–water partition coefficient (Wildman–Crippen LogP) is 2.06. The lowest BCUT2D eigenvalue weighted by atomic mass is 10.2. The second kappa shape index (κ2) is 10.0. The first kappa shape index (κ1) is 23.4. The van der Waals surface area contributed by atoms with Gasteiger partial charge in [0.05, 0.1) is 37.1 Å². The molecule has 2 saturated heterocycles. The van der Waals surface area contributed by atoms with Gasteiger partial charge in [0.2, 0.25) is 0 Å². The predicted molar refractivity (Wildman–Crippen MR) is 116 cm³/mol. The molecule has 0 spiro atoms. The van der Waals surface area contributed by atoms with Gasteiger partial charge in [0.25, 0.3) is 5.91 Å². The molecule has 2 amide bonds. The zero-order valence-electron chi connectivity index (χ0n) is 18.1. The Kier molecular flexibility index (Phi) is 6.91. The van der Waals surface area contributed by atoms with Crippen molar-refractivity contribution in [2.24, 2.45) is 0 Å². The van der Waals surface area contributed by atoms with Crippen LogP contribution < -0.4 is 15.1 Å². The second-order valence-corrected chi connectivity index (χ2v) is 7.95. The summed E-state index contributed by atoms with van der Waals surface area (Å²) in [5.41, 5.74) is 0.722. The van der Waals surface area contributed by atoms with Gasteiger partial charge in [-0.05, 0) is 24.3 Å². The Bertz CT molecular complexity index is 1070. The highest BCUT2D eigenvalue weighted by molar-refractivity contribution is 5.90. The molecule has 13 heteroatoms. The number of hydrogen-bond acceptors (Lipinski definition) is 8. The number of rotatable bonds is 8. The Balaban J connectivity index is 1.32. The normalized spacial score (nSPS) is 18.8. The Morgan fingerprint density at radius 2 is 1.97 bits per heavy atom. The number of anilines is 2. The lowest BCUT2D eigenvalue weighted by Gasteiger charge is -2.36. The smallest absolute Gasteiger partial charge is 0.433 e. The number of furan rings is 1. The van der Waals surface area contributed by atoms with Crippen LogP contribution in [0.5, 0.6) is 0 Å². The summed E-state index contributed by atoms with van der Waals surface area (Å²) in [4.78, 5) is 38.6. The average Bonchev–Trinajstić information content (AvgIpc) is 3.44. The molecule has 2 aromatic rings. The quantitative estimate of drug-likeness (QED) is 0.451. The van der Waals surface area contributed by atoms with Crippen LogP contribution >= 0.6 is 0 Å². The molecule has 34 heavy (non-hydrogen) atoms. The van der Waals surface area contributed by atoms with E-state index in [1.54, 1.807) is 18.2 Å². The monoisotopic (exact) mass is 479 g/mol. The fraction of sp³-hybridized carbons (Fsp3) is 0.429. The number of benzene rings is 1. The molecule has 4 rings (SSSR count). The van der Waals surface area contributed by atoms with Gasteiger partial charge in [-0.2, -0.15) is 0 Å². The summed E-state index contributed by atoms with van der Waals surface area (Å²) < 4.78 is 37.5. The van der Waals surface area contributed by atoms with E-state index >= 15 is 0 Å². The van der Waals surface area contributed by atoms with Gasteiger partial charge in [-0.1, -0.05) is 0 Å². The fourth-order valence-electron chi connectivity index (χ4n) is 3.95. The number of carbonyl (C=O) groups is 2. The number of halogens is 2. The molecule has 0 radical (unpaired) electrons. The minimum absolute atomic E-state index is 0.0266. The summed E-state index contributed by atoms with van der Waals surface area (Å²) in [7, 11) is 0. The van der Waals surface area contributed by atoms with Gasteiger partial charge in [0, 0.05) is 26.2 Å². The van der Waals surface area contributed by atoms with E-state index < -0.39 is 35.5 Å². The molecule has 2 aliphatic heterocycles. The van der Waals surface area contributed by atoms with Crippen LogP contribution in [0.2, 0.25) is 0 Å². The van der Waals surface area contributed by atoms with Gasteiger partial charge in [0.15, 0.2) is 6.67 Å². The molecular weight excluding hydrogens is 456 g/mol. The maximum Gasteiger partial charge on any atom is 0.433 e. The first-order chi connectivity index (χ1) is 16.3. The van der Waals surface area contributed by atoms with Crippen molar-refractivity contribution in [1.82, 2.24) is 10.2 Å². The molecule has 1 N–H and O–H groups in total. The number of alkyl halides is 1. The Labute approximate surface area is 193 Å². The number of nitrogens with one attached hydrogen (secondary N) is 1. The topological polar surface area (TPSA) is 121 Å². The third-order valence-corrected chi connectivity index (χ3v) is 5.69. The number of carbonyl (C=O) groups excluding carboxylic acids is 2. The van der Waals surface area contributed by atoms with Crippen molar-refractivity contribution in [3.8, 4) is 0 Å². The van der Waals surface area contributed by atoms with Gasteiger partial charge in [-0.25, -0.2) is 13.6 Å². The zero-order valence-corrected chi connectivity index (χ0v) is 18.1. The Hall–Kier alpha value is -3.74. The maximum atomic E-state index is 14.9. The third-order valence-electron chi connectivity index (χ3n) is 5.69. The number of ether oxygens (including phenoxy) is 1. The van der Waals surface area contributed by atoms with Crippen LogP contribution in [-0.2, 0) is 16.1 Å². The summed E-state index contributed by atoms with van der Waals surface area (Å²) >= 11 is 0. The van der Waals surface area contributed by atoms with Crippen molar-refractivity contribution in [3.63, 3.8) is 0 Å². The standard InChI is InChI=1S/C21H23F2N5O6/c22-10-19(29)24-11-16-13-27(21(30)34-16)14-1-3-18(17(23)9-14)26-7-5-25(6-8-26)12-15-2-4-20(33-15)28(31)32/h1-4,9,16H,5-8,10-13H2,(H,24,29)/t16-/m0/s1. The van der Waals surface area contributed by atoms with E-state index in [2.05, 4.69) is 10.2 Å². The molecule has 11 nitrogen and oxygen atoms in total. The highest BCUT2D eigenvalue weighted by Gasteiger charge is 2.33. The van der Waals surface area contributed by atoms with Gasteiger partial charge >= 0.3 is 12.0 Å². The molecule has 3 heterocycles. The lowest BCUT2D eigenvalue weighted by Crippen LogP contribution is -2.46. The number of nitro groups is 1. The van der Waals surface area contributed by atoms with Crippen molar-refractivity contribution in [3.05, 3.63) is 52.0 Å². The highest BCUT2D eigenvalue weighted by atomic mass is 19.1. The van der Waals surface area contributed by atoms with Gasteiger partial charge in [0.1, 0.15) is 22.6 Å². The van der Waals surface area contributed by atoms with E-state index in [0.717, 1.165) is 0 Å². The van der Waals surface area contributed by atoms with E-state index in [-0.39, 0.29) is 19.0 Å². The molecule has 2 aliphatic rings.